The summed E-state index contributed by atoms with van der Waals surface area (Å²) >= 11 is 0. The molecule has 2 heteroatoms. The maximum atomic E-state index is 4.86. The molecule has 0 saturated heterocycles. The second-order valence-electron chi connectivity index (χ2n) is 7.95. The van der Waals surface area contributed by atoms with Crippen LogP contribution in [0.15, 0.2) is 30.3 Å². The fourth-order valence-electron chi connectivity index (χ4n) is 3.11. The molecule has 1 aromatic heterocycles. The molecule has 0 atom stereocenters. The Labute approximate surface area is 129 Å². The highest BCUT2D eigenvalue weighted by Gasteiger charge is 2.31. The lowest BCUT2D eigenvalue weighted by molar-refractivity contribution is 0.480. The quantitative estimate of drug-likeness (QED) is 0.772. The van der Waals surface area contributed by atoms with E-state index in [1.54, 1.807) is 0 Å². The number of aromatic nitrogens is 2. The van der Waals surface area contributed by atoms with Crippen molar-refractivity contribution in [2.45, 2.75) is 65.8 Å². The molecule has 0 amide bonds. The van der Waals surface area contributed by atoms with Crippen molar-refractivity contribution in [1.29, 1.82) is 0 Å². The lowest BCUT2D eigenvalue weighted by atomic mass is 9.78. The van der Waals surface area contributed by atoms with E-state index in [-0.39, 0.29) is 10.8 Å². The van der Waals surface area contributed by atoms with E-state index >= 15 is 0 Å². The third kappa shape index (κ3) is 3.37. The van der Waals surface area contributed by atoms with Gasteiger partial charge in [0.1, 0.15) is 0 Å². The van der Waals surface area contributed by atoms with Crippen LogP contribution in [0.25, 0.3) is 0 Å². The summed E-state index contributed by atoms with van der Waals surface area (Å²) in [5.41, 5.74) is 5.40. The second kappa shape index (κ2) is 5.32. The van der Waals surface area contributed by atoms with Crippen LogP contribution in [0.3, 0.4) is 0 Å². The first-order chi connectivity index (χ1) is 9.60. The molecule has 0 aliphatic carbocycles. The van der Waals surface area contributed by atoms with E-state index < -0.39 is 0 Å². The molecule has 114 valence electrons. The minimum absolute atomic E-state index is 0.0820. The molecule has 0 radical (unpaired) electrons. The first-order valence-electron chi connectivity index (χ1n) is 7.73. The van der Waals surface area contributed by atoms with Gasteiger partial charge >= 0.3 is 0 Å². The molecule has 1 heterocycles. The summed E-state index contributed by atoms with van der Waals surface area (Å²) < 4.78 is 2.20. The molecule has 21 heavy (non-hydrogen) atoms. The van der Waals surface area contributed by atoms with E-state index in [0.29, 0.717) is 0 Å². The zero-order valence-corrected chi connectivity index (χ0v) is 14.5. The lowest BCUT2D eigenvalue weighted by Gasteiger charge is -2.28. The molecular weight excluding hydrogens is 256 g/mol. The molecule has 0 N–H and O–H groups in total. The van der Waals surface area contributed by atoms with Crippen LogP contribution in [0.5, 0.6) is 0 Å². The van der Waals surface area contributed by atoms with Crippen LogP contribution in [0.4, 0.5) is 0 Å². The Balaban J connectivity index is 2.57. The third-order valence-corrected chi connectivity index (χ3v) is 3.76. The van der Waals surface area contributed by atoms with Gasteiger partial charge in [-0.1, -0.05) is 71.9 Å². The molecule has 2 aromatic rings. The zero-order chi connectivity index (χ0) is 15.8. The monoisotopic (exact) mass is 284 g/mol. The molecule has 2 rings (SSSR count). The van der Waals surface area contributed by atoms with Crippen molar-refractivity contribution in [2.75, 3.05) is 0 Å². The van der Waals surface area contributed by atoms with Crippen LogP contribution in [0.2, 0.25) is 0 Å². The standard InChI is InChI=1S/C19H28N2/c1-14-16(18(2,3)4)17(19(5,6)7)21(20-14)13-15-11-9-8-10-12-15/h8-12H,13H2,1-7H3. The van der Waals surface area contributed by atoms with E-state index in [0.717, 1.165) is 12.2 Å². The van der Waals surface area contributed by atoms with Crippen molar-refractivity contribution in [2.24, 2.45) is 0 Å². The number of aryl methyl sites for hydroxylation is 1. The highest BCUT2D eigenvalue weighted by molar-refractivity contribution is 5.37. The summed E-state index contributed by atoms with van der Waals surface area (Å²) in [6.07, 6.45) is 0. The zero-order valence-electron chi connectivity index (χ0n) is 14.5. The van der Waals surface area contributed by atoms with Gasteiger partial charge < -0.3 is 0 Å². The highest BCUT2D eigenvalue weighted by atomic mass is 15.3. The molecule has 2 nitrogen and oxygen atoms in total. The summed E-state index contributed by atoms with van der Waals surface area (Å²) in [6.45, 7) is 16.6. The maximum Gasteiger partial charge on any atom is 0.0663 e. The second-order valence-corrected chi connectivity index (χ2v) is 7.95. The number of nitrogens with zero attached hydrogens (tertiary/aromatic N) is 2. The molecular formula is C19H28N2. The van der Waals surface area contributed by atoms with Gasteiger partial charge in [-0.15, -0.1) is 0 Å². The number of hydrogen-bond donors (Lipinski definition) is 0. The maximum absolute atomic E-state index is 4.86. The van der Waals surface area contributed by atoms with Crippen LogP contribution in [0, 0.1) is 6.92 Å². The third-order valence-electron chi connectivity index (χ3n) is 3.76. The Hall–Kier alpha value is -1.57. The molecule has 0 aliphatic heterocycles. The lowest BCUT2D eigenvalue weighted by Crippen LogP contribution is -2.25. The number of benzene rings is 1. The molecule has 0 aliphatic rings. The van der Waals surface area contributed by atoms with E-state index in [9.17, 15) is 0 Å². The summed E-state index contributed by atoms with van der Waals surface area (Å²) in [4.78, 5) is 0. The minimum Gasteiger partial charge on any atom is -0.264 e. The van der Waals surface area contributed by atoms with E-state index in [4.69, 9.17) is 5.10 Å². The van der Waals surface area contributed by atoms with Crippen LogP contribution in [-0.4, -0.2) is 9.78 Å². The van der Waals surface area contributed by atoms with Crippen molar-refractivity contribution in [3.05, 3.63) is 52.8 Å². The Morgan fingerprint density at radius 1 is 0.905 bits per heavy atom. The van der Waals surface area contributed by atoms with Crippen LogP contribution in [-0.2, 0) is 17.4 Å². The van der Waals surface area contributed by atoms with Gasteiger partial charge in [-0.05, 0) is 17.9 Å². The number of rotatable bonds is 2. The predicted octanol–water partition coefficient (Wildman–Crippen LogP) is 4.83. The first-order valence-corrected chi connectivity index (χ1v) is 7.73. The van der Waals surface area contributed by atoms with E-state index in [1.807, 2.05) is 0 Å². The Bertz CT molecular complexity index is 607. The first kappa shape index (κ1) is 15.8. The summed E-state index contributed by atoms with van der Waals surface area (Å²) in [5, 5.41) is 4.86. The van der Waals surface area contributed by atoms with Gasteiger partial charge in [-0.3, -0.25) is 4.68 Å². The Morgan fingerprint density at radius 2 is 1.48 bits per heavy atom. The Morgan fingerprint density at radius 3 is 1.95 bits per heavy atom. The van der Waals surface area contributed by atoms with Gasteiger partial charge in [0.05, 0.1) is 12.2 Å². The fourth-order valence-corrected chi connectivity index (χ4v) is 3.11. The smallest absolute Gasteiger partial charge is 0.0663 e. The van der Waals surface area contributed by atoms with Crippen molar-refractivity contribution < 1.29 is 0 Å². The SMILES string of the molecule is Cc1nn(Cc2ccccc2)c(C(C)(C)C)c1C(C)(C)C. The summed E-state index contributed by atoms with van der Waals surface area (Å²) in [6, 6.07) is 10.6. The molecule has 0 saturated carbocycles. The van der Waals surface area contributed by atoms with Crippen LogP contribution in [0.1, 0.15) is 64.1 Å². The van der Waals surface area contributed by atoms with Crippen molar-refractivity contribution in [3.8, 4) is 0 Å². The fraction of sp³-hybridized carbons (Fsp3) is 0.526. The topological polar surface area (TPSA) is 17.8 Å². The summed E-state index contributed by atoms with van der Waals surface area (Å²) in [5.74, 6) is 0. The predicted molar refractivity (Wildman–Crippen MR) is 89.9 cm³/mol. The van der Waals surface area contributed by atoms with Gasteiger partial charge in [0, 0.05) is 16.7 Å². The van der Waals surface area contributed by atoms with E-state index in [1.165, 1.54) is 16.8 Å². The van der Waals surface area contributed by atoms with Gasteiger partial charge in [-0.2, -0.15) is 5.10 Å². The molecule has 1 aromatic carbocycles. The minimum atomic E-state index is 0.0820. The van der Waals surface area contributed by atoms with Crippen molar-refractivity contribution >= 4 is 0 Å². The van der Waals surface area contributed by atoms with Gasteiger partial charge in [-0.25, -0.2) is 0 Å². The molecule has 0 bridgehead atoms. The average Bonchev–Trinajstić information content (AvgIpc) is 2.66. The average molecular weight is 284 g/mol. The molecule has 0 fully saturated rings. The van der Waals surface area contributed by atoms with Crippen LogP contribution >= 0.6 is 0 Å². The normalized spacial score (nSPS) is 12.7. The van der Waals surface area contributed by atoms with Crippen LogP contribution < -0.4 is 0 Å². The Kier molecular flexibility index (Phi) is 4.01. The largest absolute Gasteiger partial charge is 0.264 e. The number of hydrogen-bond acceptors (Lipinski definition) is 1. The highest BCUT2D eigenvalue weighted by Crippen LogP contribution is 2.36. The van der Waals surface area contributed by atoms with Gasteiger partial charge in [0.15, 0.2) is 0 Å². The molecule has 0 spiro atoms. The van der Waals surface area contributed by atoms with E-state index in [2.05, 4.69) is 83.5 Å². The summed E-state index contributed by atoms with van der Waals surface area (Å²) in [7, 11) is 0. The molecule has 0 unspecified atom stereocenters. The van der Waals surface area contributed by atoms with Crippen molar-refractivity contribution in [3.63, 3.8) is 0 Å². The van der Waals surface area contributed by atoms with Gasteiger partial charge in [0.25, 0.3) is 0 Å². The van der Waals surface area contributed by atoms with Crippen molar-refractivity contribution in [1.82, 2.24) is 9.78 Å². The van der Waals surface area contributed by atoms with Gasteiger partial charge in [0.2, 0.25) is 0 Å².